The number of hydrogen-bond acceptors (Lipinski definition) is 4. The van der Waals surface area contributed by atoms with E-state index in [4.69, 9.17) is 21.1 Å². The summed E-state index contributed by atoms with van der Waals surface area (Å²) >= 11 is 6.15. The summed E-state index contributed by atoms with van der Waals surface area (Å²) in [7, 11) is 1.61. The Morgan fingerprint density at radius 3 is 2.59 bits per heavy atom. The zero-order valence-corrected chi connectivity index (χ0v) is 13.6. The van der Waals surface area contributed by atoms with Gasteiger partial charge in [-0.2, -0.15) is 0 Å². The minimum atomic E-state index is 0.560. The predicted molar refractivity (Wildman–Crippen MR) is 90.7 cm³/mol. The Morgan fingerprint density at radius 1 is 1.14 bits per heavy atom. The fraction of sp³-hybridized carbons (Fsp3) is 0.294. The van der Waals surface area contributed by atoms with Gasteiger partial charge in [-0.1, -0.05) is 36.7 Å². The molecule has 0 aliphatic carbocycles. The van der Waals surface area contributed by atoms with Crippen LogP contribution in [0.25, 0.3) is 0 Å². The fourth-order valence-electron chi connectivity index (χ4n) is 2.04. The summed E-state index contributed by atoms with van der Waals surface area (Å²) in [5.41, 5.74) is 8.25. The lowest BCUT2D eigenvalue weighted by Gasteiger charge is -2.16. The molecule has 2 aromatic carbocycles. The molecule has 5 heteroatoms. The van der Waals surface area contributed by atoms with Gasteiger partial charge >= 0.3 is 0 Å². The van der Waals surface area contributed by atoms with Crippen LogP contribution in [0.1, 0.15) is 18.9 Å². The van der Waals surface area contributed by atoms with Crippen LogP contribution in [0.2, 0.25) is 5.02 Å². The zero-order chi connectivity index (χ0) is 15.8. The van der Waals surface area contributed by atoms with Crippen LogP contribution in [-0.4, -0.2) is 13.7 Å². The Bertz CT molecular complexity index is 591. The molecule has 0 saturated carbocycles. The smallest absolute Gasteiger partial charge is 0.165 e. The maximum atomic E-state index is 6.15. The molecule has 4 nitrogen and oxygen atoms in total. The van der Waals surface area contributed by atoms with Gasteiger partial charge in [0.05, 0.1) is 13.7 Å². The summed E-state index contributed by atoms with van der Waals surface area (Å²) in [6, 6.07) is 13.5. The van der Waals surface area contributed by atoms with Crippen molar-refractivity contribution < 1.29 is 9.47 Å². The van der Waals surface area contributed by atoms with Gasteiger partial charge in [-0.3, -0.25) is 0 Å². The molecule has 0 saturated heterocycles. The Hall–Kier alpha value is -1.91. The van der Waals surface area contributed by atoms with Crippen LogP contribution in [0.3, 0.4) is 0 Å². The first-order valence-electron chi connectivity index (χ1n) is 7.27. The molecule has 0 aliphatic heterocycles. The van der Waals surface area contributed by atoms with Crippen molar-refractivity contribution in [1.29, 1.82) is 0 Å². The molecule has 0 fully saturated rings. The Labute approximate surface area is 136 Å². The van der Waals surface area contributed by atoms with Crippen molar-refractivity contribution in [2.45, 2.75) is 19.9 Å². The lowest BCUT2D eigenvalue weighted by Crippen LogP contribution is -2.21. The molecule has 22 heavy (non-hydrogen) atoms. The molecule has 0 atom stereocenters. The molecular weight excluding hydrogens is 300 g/mol. The number of hydrogen-bond donors (Lipinski definition) is 2. The van der Waals surface area contributed by atoms with E-state index in [-0.39, 0.29) is 0 Å². The van der Waals surface area contributed by atoms with Crippen LogP contribution >= 0.6 is 11.6 Å². The second-order valence-corrected chi connectivity index (χ2v) is 5.23. The third-order valence-electron chi connectivity index (χ3n) is 3.05. The molecular formula is C17H21ClN2O2. The van der Waals surface area contributed by atoms with Crippen LogP contribution < -0.4 is 20.3 Å². The second kappa shape index (κ2) is 8.51. The normalized spacial score (nSPS) is 10.3. The molecule has 0 aliphatic rings. The third-order valence-corrected chi connectivity index (χ3v) is 3.27. The number of methoxy groups -OCH3 is 1. The number of rotatable bonds is 8. The highest BCUT2D eigenvalue weighted by atomic mass is 35.5. The van der Waals surface area contributed by atoms with Gasteiger partial charge < -0.3 is 14.9 Å². The maximum Gasteiger partial charge on any atom is 0.165 e. The van der Waals surface area contributed by atoms with Gasteiger partial charge in [0.1, 0.15) is 0 Å². The molecule has 118 valence electrons. The number of benzene rings is 2. The molecule has 2 N–H and O–H groups in total. The van der Waals surface area contributed by atoms with Crippen LogP contribution in [-0.2, 0) is 6.54 Å². The van der Waals surface area contributed by atoms with Crippen LogP contribution in [0.5, 0.6) is 11.5 Å². The van der Waals surface area contributed by atoms with Crippen molar-refractivity contribution in [1.82, 2.24) is 5.43 Å². The molecule has 0 heterocycles. The van der Waals surface area contributed by atoms with Crippen LogP contribution in [0.4, 0.5) is 5.69 Å². The molecule has 2 aromatic rings. The van der Waals surface area contributed by atoms with E-state index in [9.17, 15) is 0 Å². The monoisotopic (exact) mass is 320 g/mol. The van der Waals surface area contributed by atoms with E-state index < -0.39 is 0 Å². The van der Waals surface area contributed by atoms with Crippen molar-refractivity contribution in [2.75, 3.05) is 19.1 Å². The highest BCUT2D eigenvalue weighted by Crippen LogP contribution is 2.34. The zero-order valence-electron chi connectivity index (χ0n) is 12.9. The Morgan fingerprint density at radius 2 is 1.91 bits per heavy atom. The average molecular weight is 321 g/mol. The lowest BCUT2D eigenvalue weighted by atomic mass is 10.2. The fourth-order valence-corrected chi connectivity index (χ4v) is 2.27. The van der Waals surface area contributed by atoms with Gasteiger partial charge in [0.2, 0.25) is 0 Å². The Kier molecular flexibility index (Phi) is 6.37. The molecule has 0 unspecified atom stereocenters. The Balaban J connectivity index is 2.09. The topological polar surface area (TPSA) is 42.5 Å². The minimum absolute atomic E-state index is 0.560. The largest absolute Gasteiger partial charge is 0.493 e. The van der Waals surface area contributed by atoms with Gasteiger partial charge in [0, 0.05) is 28.9 Å². The van der Waals surface area contributed by atoms with E-state index in [0.717, 1.165) is 23.4 Å². The summed E-state index contributed by atoms with van der Waals surface area (Å²) in [6.07, 6.45) is 0.931. The number of ether oxygens (including phenoxy) is 2. The maximum absolute atomic E-state index is 6.15. The summed E-state index contributed by atoms with van der Waals surface area (Å²) in [5.74, 6) is 1.38. The summed E-state index contributed by atoms with van der Waals surface area (Å²) in [6.45, 7) is 3.26. The third kappa shape index (κ3) is 4.55. The lowest BCUT2D eigenvalue weighted by molar-refractivity contribution is 0.290. The summed E-state index contributed by atoms with van der Waals surface area (Å²) < 4.78 is 11.2. The molecule has 2 rings (SSSR count). The first-order chi connectivity index (χ1) is 10.7. The first-order valence-corrected chi connectivity index (χ1v) is 7.65. The van der Waals surface area contributed by atoms with E-state index in [1.165, 1.54) is 0 Å². The number of halogens is 1. The number of para-hydroxylation sites is 1. The minimum Gasteiger partial charge on any atom is -0.493 e. The number of hydrazine groups is 1. The van der Waals surface area contributed by atoms with E-state index in [1.54, 1.807) is 13.2 Å². The standard InChI is InChI=1S/C17H21ClN2O2/c1-3-9-22-17-13(10-14(18)11-16(17)21-2)12-19-20-15-7-5-4-6-8-15/h4-8,10-11,19-20H,3,9,12H2,1-2H3. The predicted octanol–water partition coefficient (Wildman–Crippen LogP) is 4.25. The van der Waals surface area contributed by atoms with Gasteiger partial charge in [0.15, 0.2) is 11.5 Å². The second-order valence-electron chi connectivity index (χ2n) is 4.79. The van der Waals surface area contributed by atoms with Crippen LogP contribution in [0, 0.1) is 0 Å². The molecule has 0 aromatic heterocycles. The molecule has 0 amide bonds. The van der Waals surface area contributed by atoms with Crippen molar-refractivity contribution in [2.24, 2.45) is 0 Å². The summed E-state index contributed by atoms with van der Waals surface area (Å²) in [5, 5.41) is 0.622. The van der Waals surface area contributed by atoms with Crippen molar-refractivity contribution in [3.8, 4) is 11.5 Å². The van der Waals surface area contributed by atoms with Crippen molar-refractivity contribution in [3.05, 3.63) is 53.1 Å². The van der Waals surface area contributed by atoms with Gasteiger partial charge in [-0.15, -0.1) is 0 Å². The summed E-state index contributed by atoms with van der Waals surface area (Å²) in [4.78, 5) is 0. The van der Waals surface area contributed by atoms with Gasteiger partial charge in [0.25, 0.3) is 0 Å². The van der Waals surface area contributed by atoms with Crippen molar-refractivity contribution in [3.63, 3.8) is 0 Å². The number of nitrogens with one attached hydrogen (secondary N) is 2. The van der Waals surface area contributed by atoms with Gasteiger partial charge in [-0.05, 0) is 24.6 Å². The van der Waals surface area contributed by atoms with E-state index in [1.807, 2.05) is 36.4 Å². The van der Waals surface area contributed by atoms with Gasteiger partial charge in [-0.25, -0.2) is 5.43 Å². The average Bonchev–Trinajstić information content (AvgIpc) is 2.54. The van der Waals surface area contributed by atoms with Crippen molar-refractivity contribution >= 4 is 17.3 Å². The highest BCUT2D eigenvalue weighted by Gasteiger charge is 2.12. The molecule has 0 bridgehead atoms. The quantitative estimate of drug-likeness (QED) is 0.713. The van der Waals surface area contributed by atoms with E-state index in [2.05, 4.69) is 17.8 Å². The molecule has 0 spiro atoms. The first kappa shape index (κ1) is 16.5. The highest BCUT2D eigenvalue weighted by molar-refractivity contribution is 6.30. The van der Waals surface area contributed by atoms with Crippen LogP contribution in [0.15, 0.2) is 42.5 Å². The van der Waals surface area contributed by atoms with E-state index >= 15 is 0 Å². The number of anilines is 1. The molecule has 0 radical (unpaired) electrons. The van der Waals surface area contributed by atoms with E-state index in [0.29, 0.717) is 23.9 Å². The SMILES string of the molecule is CCCOc1c(CNNc2ccccc2)cc(Cl)cc1OC.